The van der Waals surface area contributed by atoms with E-state index in [4.69, 9.17) is 4.18 Å². The van der Waals surface area contributed by atoms with Crippen molar-refractivity contribution in [2.45, 2.75) is 53.6 Å². The van der Waals surface area contributed by atoms with Crippen molar-refractivity contribution in [3.05, 3.63) is 59.2 Å². The molecular formula is C22H30N2O4S. The van der Waals surface area contributed by atoms with E-state index in [0.717, 1.165) is 28.8 Å². The Hall–Kier alpha value is -2.54. The Labute approximate surface area is 174 Å². The molecule has 0 spiro atoms. The van der Waals surface area contributed by atoms with Crippen LogP contribution in [0, 0.1) is 13.8 Å². The zero-order valence-electron chi connectivity index (χ0n) is 17.7. The van der Waals surface area contributed by atoms with Gasteiger partial charge in [0.1, 0.15) is 5.75 Å². The lowest BCUT2D eigenvalue weighted by Gasteiger charge is -2.29. The quantitative estimate of drug-likeness (QED) is 0.621. The fourth-order valence-electron chi connectivity index (χ4n) is 2.82. The number of aryl methyl sites for hydroxylation is 1. The van der Waals surface area contributed by atoms with Gasteiger partial charge in [0.05, 0.1) is 5.75 Å². The monoisotopic (exact) mass is 418 g/mol. The van der Waals surface area contributed by atoms with Crippen molar-refractivity contribution >= 4 is 21.8 Å². The number of nitrogens with one attached hydrogen (secondary N) is 1. The van der Waals surface area contributed by atoms with Gasteiger partial charge in [-0.05, 0) is 69.0 Å². The molecule has 0 radical (unpaired) electrons. The van der Waals surface area contributed by atoms with Gasteiger partial charge in [-0.25, -0.2) is 4.79 Å². The lowest BCUT2D eigenvalue weighted by Crippen LogP contribution is -2.40. The summed E-state index contributed by atoms with van der Waals surface area (Å²) in [5.74, 6) is 0.150. The van der Waals surface area contributed by atoms with Crippen molar-refractivity contribution in [2.75, 3.05) is 11.1 Å². The van der Waals surface area contributed by atoms with Crippen LogP contribution >= 0.6 is 0 Å². The Kier molecular flexibility index (Phi) is 7.67. The van der Waals surface area contributed by atoms with Crippen molar-refractivity contribution < 1.29 is 17.4 Å². The summed E-state index contributed by atoms with van der Waals surface area (Å²) < 4.78 is 28.6. The number of nitrogens with zero attached hydrogens (tertiary/aromatic N) is 1. The van der Waals surface area contributed by atoms with Crippen LogP contribution in [0.5, 0.6) is 5.75 Å². The molecule has 0 aliphatic carbocycles. The first-order chi connectivity index (χ1) is 13.7. The summed E-state index contributed by atoms with van der Waals surface area (Å²) in [7, 11) is -3.60. The van der Waals surface area contributed by atoms with Crippen molar-refractivity contribution in [2.24, 2.45) is 0 Å². The summed E-state index contributed by atoms with van der Waals surface area (Å²) in [6.45, 7) is 9.87. The molecule has 1 atom stereocenters. The minimum absolute atomic E-state index is 0.00376. The van der Waals surface area contributed by atoms with E-state index < -0.39 is 10.1 Å². The van der Waals surface area contributed by atoms with Crippen LogP contribution < -0.4 is 9.50 Å². The van der Waals surface area contributed by atoms with E-state index in [-0.39, 0.29) is 23.6 Å². The molecule has 0 fully saturated rings. The second kappa shape index (κ2) is 9.78. The first kappa shape index (κ1) is 22.7. The minimum atomic E-state index is -3.60. The molecule has 6 nitrogen and oxygen atoms in total. The van der Waals surface area contributed by atoms with Gasteiger partial charge in [0.25, 0.3) is 0 Å². The van der Waals surface area contributed by atoms with E-state index in [2.05, 4.69) is 5.32 Å². The molecule has 29 heavy (non-hydrogen) atoms. The maximum absolute atomic E-state index is 13.0. The van der Waals surface area contributed by atoms with Crippen molar-refractivity contribution in [1.82, 2.24) is 4.90 Å². The molecule has 1 N–H and O–H groups in total. The van der Waals surface area contributed by atoms with E-state index in [1.165, 1.54) is 6.92 Å². The van der Waals surface area contributed by atoms with Crippen molar-refractivity contribution in [3.63, 3.8) is 0 Å². The fraction of sp³-hybridized carbons (Fsp3) is 0.409. The molecule has 158 valence electrons. The Morgan fingerprint density at radius 1 is 1.14 bits per heavy atom. The number of anilines is 1. The van der Waals surface area contributed by atoms with Crippen LogP contribution in [0.3, 0.4) is 0 Å². The predicted octanol–water partition coefficient (Wildman–Crippen LogP) is 4.86. The van der Waals surface area contributed by atoms with Gasteiger partial charge in [-0.2, -0.15) is 8.42 Å². The molecule has 0 bridgehead atoms. The second-order valence-electron chi connectivity index (χ2n) is 7.14. The van der Waals surface area contributed by atoms with Crippen LogP contribution in [0.4, 0.5) is 10.5 Å². The number of hydrogen-bond donors (Lipinski definition) is 1. The molecule has 0 heterocycles. The van der Waals surface area contributed by atoms with Gasteiger partial charge >= 0.3 is 16.1 Å². The highest BCUT2D eigenvalue weighted by Crippen LogP contribution is 2.22. The van der Waals surface area contributed by atoms with Crippen molar-refractivity contribution in [1.29, 1.82) is 0 Å². The largest absolute Gasteiger partial charge is 0.382 e. The van der Waals surface area contributed by atoms with E-state index in [0.29, 0.717) is 6.54 Å². The van der Waals surface area contributed by atoms with Gasteiger partial charge < -0.3 is 14.4 Å². The van der Waals surface area contributed by atoms with Crippen LogP contribution in [0.1, 0.15) is 43.9 Å². The highest BCUT2D eigenvalue weighted by atomic mass is 32.2. The van der Waals surface area contributed by atoms with Gasteiger partial charge in [-0.3, -0.25) is 0 Å². The van der Waals surface area contributed by atoms with Crippen molar-refractivity contribution in [3.8, 4) is 5.75 Å². The number of urea groups is 1. The first-order valence-electron chi connectivity index (χ1n) is 9.81. The zero-order valence-corrected chi connectivity index (χ0v) is 18.5. The number of hydrogen-bond acceptors (Lipinski definition) is 4. The Morgan fingerprint density at radius 2 is 1.83 bits per heavy atom. The molecule has 0 aromatic heterocycles. The molecular weight excluding hydrogens is 388 g/mol. The SMILES string of the molecule is CCC(C)N(Cc1cccc(OS(=O)(=O)CC)c1)C(=O)Nc1cccc(C)c1C. The molecule has 7 heteroatoms. The Bertz CT molecular complexity index is 957. The molecule has 2 aromatic rings. The fourth-order valence-corrected chi connectivity index (χ4v) is 3.33. The number of carbonyl (C=O) groups excluding carboxylic acids is 1. The maximum Gasteiger partial charge on any atom is 0.322 e. The van der Waals surface area contributed by atoms with Crippen LogP contribution in [-0.4, -0.2) is 31.1 Å². The first-order valence-corrected chi connectivity index (χ1v) is 11.4. The van der Waals surface area contributed by atoms with Crippen LogP contribution in [0.2, 0.25) is 0 Å². The van der Waals surface area contributed by atoms with Gasteiger partial charge in [0.15, 0.2) is 0 Å². The highest BCUT2D eigenvalue weighted by Gasteiger charge is 2.21. The average Bonchev–Trinajstić information content (AvgIpc) is 2.69. The van der Waals surface area contributed by atoms with Gasteiger partial charge in [-0.1, -0.05) is 31.2 Å². The summed E-state index contributed by atoms with van der Waals surface area (Å²) in [4.78, 5) is 14.8. The topological polar surface area (TPSA) is 75.7 Å². The number of rotatable bonds is 8. The number of carbonyl (C=O) groups is 1. The molecule has 0 saturated carbocycles. The average molecular weight is 419 g/mol. The predicted molar refractivity (Wildman–Crippen MR) is 117 cm³/mol. The summed E-state index contributed by atoms with van der Waals surface area (Å²) in [6.07, 6.45) is 0.792. The molecule has 0 aliphatic heterocycles. The highest BCUT2D eigenvalue weighted by molar-refractivity contribution is 7.87. The van der Waals surface area contributed by atoms with E-state index in [9.17, 15) is 13.2 Å². The lowest BCUT2D eigenvalue weighted by molar-refractivity contribution is 0.187. The molecule has 2 aromatic carbocycles. The summed E-state index contributed by atoms with van der Waals surface area (Å²) in [5, 5.41) is 3.01. The number of benzene rings is 2. The molecule has 1 unspecified atom stereocenters. The molecule has 2 rings (SSSR count). The van der Waals surface area contributed by atoms with Crippen LogP contribution in [0.25, 0.3) is 0 Å². The molecule has 0 saturated heterocycles. The van der Waals surface area contributed by atoms with E-state index in [1.807, 2.05) is 52.0 Å². The Morgan fingerprint density at radius 3 is 2.48 bits per heavy atom. The van der Waals surface area contributed by atoms with Gasteiger partial charge in [-0.15, -0.1) is 0 Å². The smallest absolute Gasteiger partial charge is 0.322 e. The summed E-state index contributed by atoms with van der Waals surface area (Å²) >= 11 is 0. The van der Waals surface area contributed by atoms with E-state index in [1.54, 1.807) is 23.1 Å². The van der Waals surface area contributed by atoms with Crippen LogP contribution in [0.15, 0.2) is 42.5 Å². The van der Waals surface area contributed by atoms with Crippen LogP contribution in [-0.2, 0) is 16.7 Å². The Balaban J connectivity index is 2.23. The summed E-state index contributed by atoms with van der Waals surface area (Å²) in [6, 6.07) is 12.5. The standard InChI is InChI=1S/C22H30N2O4S/c1-6-17(4)24(22(25)23-21-13-8-10-16(3)18(21)5)15-19-11-9-12-20(14-19)28-29(26,27)7-2/h8-14,17H,6-7,15H2,1-5H3,(H,23,25). The lowest BCUT2D eigenvalue weighted by atomic mass is 10.1. The van der Waals surface area contributed by atoms with Gasteiger partial charge in [0, 0.05) is 18.3 Å². The molecule has 2 amide bonds. The van der Waals surface area contributed by atoms with Gasteiger partial charge in [0.2, 0.25) is 0 Å². The van der Waals surface area contributed by atoms with E-state index >= 15 is 0 Å². The third kappa shape index (κ3) is 6.22. The third-order valence-corrected chi connectivity index (χ3v) is 6.21. The maximum atomic E-state index is 13.0. The molecule has 0 aliphatic rings. The number of amides is 2. The minimum Gasteiger partial charge on any atom is -0.382 e. The summed E-state index contributed by atoms with van der Waals surface area (Å²) in [5.41, 5.74) is 3.73. The second-order valence-corrected chi connectivity index (χ2v) is 9.00. The third-order valence-electron chi connectivity index (χ3n) is 5.06. The normalized spacial score (nSPS) is 12.3. The zero-order chi connectivity index (χ0) is 21.6.